The molecule has 0 saturated carbocycles. The SMILES string of the molecule is Cc1cccc(-n2ccnc2SCC(=O)NCc2ccc(S(N)(=O)=O)cc2)c1. The maximum Gasteiger partial charge on any atom is 0.238 e. The number of primary sulfonamides is 1. The molecule has 3 rings (SSSR count). The van der Waals surface area contributed by atoms with Gasteiger partial charge in [0, 0.05) is 24.6 Å². The fourth-order valence-electron chi connectivity index (χ4n) is 2.55. The molecule has 1 aromatic heterocycles. The van der Waals surface area contributed by atoms with Crippen LogP contribution in [0, 0.1) is 6.92 Å². The minimum Gasteiger partial charge on any atom is -0.351 e. The van der Waals surface area contributed by atoms with Crippen LogP contribution in [0.25, 0.3) is 5.69 Å². The fourth-order valence-corrected chi connectivity index (χ4v) is 3.87. The van der Waals surface area contributed by atoms with Gasteiger partial charge in [0.15, 0.2) is 5.16 Å². The predicted octanol–water partition coefficient (Wildman–Crippen LogP) is 2.24. The molecule has 7 nitrogen and oxygen atoms in total. The average molecular weight is 417 g/mol. The van der Waals surface area contributed by atoms with E-state index >= 15 is 0 Å². The summed E-state index contributed by atoms with van der Waals surface area (Å²) >= 11 is 1.35. The van der Waals surface area contributed by atoms with E-state index in [1.807, 2.05) is 35.9 Å². The van der Waals surface area contributed by atoms with Crippen molar-refractivity contribution in [2.45, 2.75) is 23.5 Å². The number of carbonyl (C=O) groups is 1. The number of amides is 1. The van der Waals surface area contributed by atoms with Crippen LogP contribution in [0.3, 0.4) is 0 Å². The van der Waals surface area contributed by atoms with Crippen molar-refractivity contribution in [3.63, 3.8) is 0 Å². The standard InChI is InChI=1S/C19H20N4O3S2/c1-14-3-2-4-16(11-14)23-10-9-21-19(23)27-13-18(24)22-12-15-5-7-17(8-6-15)28(20,25)26/h2-11H,12-13H2,1H3,(H,22,24)(H2,20,25,26). The maximum absolute atomic E-state index is 12.2. The minimum atomic E-state index is -3.71. The molecule has 3 N–H and O–H groups in total. The van der Waals surface area contributed by atoms with Crippen molar-refractivity contribution in [3.05, 3.63) is 72.1 Å². The van der Waals surface area contributed by atoms with Crippen molar-refractivity contribution in [1.82, 2.24) is 14.9 Å². The van der Waals surface area contributed by atoms with E-state index in [0.29, 0.717) is 6.54 Å². The molecule has 1 amide bonds. The summed E-state index contributed by atoms with van der Waals surface area (Å²) in [4.78, 5) is 16.5. The Hall–Kier alpha value is -2.62. The Morgan fingerprint density at radius 2 is 1.96 bits per heavy atom. The first-order chi connectivity index (χ1) is 13.3. The first-order valence-corrected chi connectivity index (χ1v) is 11.0. The first kappa shape index (κ1) is 20.1. The first-order valence-electron chi connectivity index (χ1n) is 8.44. The van der Waals surface area contributed by atoms with Crippen LogP contribution < -0.4 is 10.5 Å². The largest absolute Gasteiger partial charge is 0.351 e. The number of rotatable bonds is 7. The maximum atomic E-state index is 12.2. The lowest BCUT2D eigenvalue weighted by atomic mass is 10.2. The summed E-state index contributed by atoms with van der Waals surface area (Å²) in [6, 6.07) is 14.1. The van der Waals surface area contributed by atoms with E-state index in [-0.39, 0.29) is 16.6 Å². The third kappa shape index (κ3) is 5.22. The normalized spacial score (nSPS) is 11.4. The molecule has 0 radical (unpaired) electrons. The molecule has 0 fully saturated rings. The van der Waals surface area contributed by atoms with Crippen LogP contribution in [0.5, 0.6) is 0 Å². The lowest BCUT2D eigenvalue weighted by Crippen LogP contribution is -2.24. The number of carbonyl (C=O) groups excluding carboxylic acids is 1. The molecule has 0 aliphatic heterocycles. The molecule has 0 saturated heterocycles. The zero-order valence-corrected chi connectivity index (χ0v) is 16.8. The van der Waals surface area contributed by atoms with Gasteiger partial charge in [0.2, 0.25) is 15.9 Å². The van der Waals surface area contributed by atoms with Gasteiger partial charge >= 0.3 is 0 Å². The molecule has 146 valence electrons. The Bertz CT molecular complexity index is 1080. The van der Waals surface area contributed by atoms with Crippen molar-refractivity contribution in [2.75, 3.05) is 5.75 Å². The van der Waals surface area contributed by atoms with Gasteiger partial charge in [0.25, 0.3) is 0 Å². The summed E-state index contributed by atoms with van der Waals surface area (Å²) in [7, 11) is -3.71. The average Bonchev–Trinajstić information content (AvgIpc) is 3.13. The van der Waals surface area contributed by atoms with Gasteiger partial charge in [-0.25, -0.2) is 18.5 Å². The third-order valence-electron chi connectivity index (χ3n) is 3.96. The Kier molecular flexibility index (Phi) is 6.18. The second-order valence-electron chi connectivity index (χ2n) is 6.17. The molecule has 9 heteroatoms. The summed E-state index contributed by atoms with van der Waals surface area (Å²) in [6.07, 6.45) is 3.57. The molecular weight excluding hydrogens is 396 g/mol. The van der Waals surface area contributed by atoms with Gasteiger partial charge in [-0.05, 0) is 42.3 Å². The molecular formula is C19H20N4O3S2. The Morgan fingerprint density at radius 1 is 1.21 bits per heavy atom. The Morgan fingerprint density at radius 3 is 2.64 bits per heavy atom. The van der Waals surface area contributed by atoms with E-state index in [9.17, 15) is 13.2 Å². The van der Waals surface area contributed by atoms with Crippen LogP contribution in [-0.4, -0.2) is 29.6 Å². The molecule has 0 bridgehead atoms. The molecule has 0 spiro atoms. The highest BCUT2D eigenvalue weighted by Gasteiger charge is 2.10. The van der Waals surface area contributed by atoms with E-state index in [1.54, 1.807) is 18.3 Å². The summed E-state index contributed by atoms with van der Waals surface area (Å²) in [5.74, 6) is 0.0808. The topological polar surface area (TPSA) is 107 Å². The van der Waals surface area contributed by atoms with Crippen LogP contribution in [0.4, 0.5) is 0 Å². The van der Waals surface area contributed by atoms with Gasteiger partial charge in [-0.3, -0.25) is 9.36 Å². The number of aromatic nitrogens is 2. The highest BCUT2D eigenvalue weighted by Crippen LogP contribution is 2.21. The van der Waals surface area contributed by atoms with Gasteiger partial charge in [-0.2, -0.15) is 0 Å². The number of sulfonamides is 1. The monoisotopic (exact) mass is 416 g/mol. The summed E-state index contributed by atoms with van der Waals surface area (Å²) in [5.41, 5.74) is 2.93. The number of hydrogen-bond acceptors (Lipinski definition) is 5. The van der Waals surface area contributed by atoms with Gasteiger partial charge in [-0.15, -0.1) is 0 Å². The second kappa shape index (κ2) is 8.59. The van der Waals surface area contributed by atoms with Crippen LogP contribution in [-0.2, 0) is 21.4 Å². The minimum absolute atomic E-state index is 0.0427. The quantitative estimate of drug-likeness (QED) is 0.575. The van der Waals surface area contributed by atoms with Crippen molar-refractivity contribution < 1.29 is 13.2 Å². The van der Waals surface area contributed by atoms with Crippen molar-refractivity contribution in [1.29, 1.82) is 0 Å². The smallest absolute Gasteiger partial charge is 0.238 e. The highest BCUT2D eigenvalue weighted by atomic mass is 32.2. The molecule has 1 heterocycles. The van der Waals surface area contributed by atoms with E-state index in [2.05, 4.69) is 16.4 Å². The van der Waals surface area contributed by atoms with Crippen LogP contribution in [0.15, 0.2) is 71.0 Å². The number of nitrogens with two attached hydrogens (primary N) is 1. The van der Waals surface area contributed by atoms with Gasteiger partial charge in [0.05, 0.1) is 10.6 Å². The number of benzene rings is 2. The van der Waals surface area contributed by atoms with E-state index < -0.39 is 10.0 Å². The second-order valence-corrected chi connectivity index (χ2v) is 8.68. The molecule has 2 aromatic carbocycles. The predicted molar refractivity (Wildman–Crippen MR) is 109 cm³/mol. The van der Waals surface area contributed by atoms with Crippen LogP contribution in [0.1, 0.15) is 11.1 Å². The van der Waals surface area contributed by atoms with Crippen LogP contribution in [0.2, 0.25) is 0 Å². The fraction of sp³-hybridized carbons (Fsp3) is 0.158. The van der Waals surface area contributed by atoms with Crippen LogP contribution >= 0.6 is 11.8 Å². The highest BCUT2D eigenvalue weighted by molar-refractivity contribution is 7.99. The summed E-state index contributed by atoms with van der Waals surface area (Å²) < 4.78 is 24.4. The molecule has 3 aromatic rings. The zero-order chi connectivity index (χ0) is 20.1. The molecule has 28 heavy (non-hydrogen) atoms. The molecule has 0 aliphatic carbocycles. The Labute approximate surface area is 168 Å². The van der Waals surface area contributed by atoms with E-state index in [4.69, 9.17) is 5.14 Å². The number of nitrogens with zero attached hydrogens (tertiary/aromatic N) is 2. The number of hydrogen-bond donors (Lipinski definition) is 2. The number of nitrogens with one attached hydrogen (secondary N) is 1. The number of aryl methyl sites for hydroxylation is 1. The van der Waals surface area contributed by atoms with Gasteiger partial charge in [0.1, 0.15) is 0 Å². The van der Waals surface area contributed by atoms with E-state index in [1.165, 1.54) is 23.9 Å². The third-order valence-corrected chi connectivity index (χ3v) is 5.86. The zero-order valence-electron chi connectivity index (χ0n) is 15.2. The van der Waals surface area contributed by atoms with Crippen molar-refractivity contribution in [3.8, 4) is 5.69 Å². The lowest BCUT2D eigenvalue weighted by molar-refractivity contribution is -0.118. The number of thioether (sulfide) groups is 1. The lowest BCUT2D eigenvalue weighted by Gasteiger charge is -2.09. The Balaban J connectivity index is 1.55. The molecule has 0 unspecified atom stereocenters. The van der Waals surface area contributed by atoms with Crippen molar-refractivity contribution >= 4 is 27.7 Å². The van der Waals surface area contributed by atoms with E-state index in [0.717, 1.165) is 22.0 Å². The molecule has 0 atom stereocenters. The number of imidazole rings is 1. The van der Waals surface area contributed by atoms with Gasteiger partial charge in [-0.1, -0.05) is 36.0 Å². The summed E-state index contributed by atoms with van der Waals surface area (Å²) in [6.45, 7) is 2.33. The van der Waals surface area contributed by atoms with Gasteiger partial charge < -0.3 is 5.32 Å². The summed E-state index contributed by atoms with van der Waals surface area (Å²) in [5, 5.41) is 8.61. The molecule has 0 aliphatic rings. The van der Waals surface area contributed by atoms with Crippen molar-refractivity contribution in [2.24, 2.45) is 5.14 Å².